The number of benzene rings is 2. The number of ether oxygens (including phenoxy) is 1. The van der Waals surface area contributed by atoms with Gasteiger partial charge < -0.3 is 19.0 Å². The first-order chi connectivity index (χ1) is 16.6. The van der Waals surface area contributed by atoms with E-state index < -0.39 is 5.97 Å². The van der Waals surface area contributed by atoms with Gasteiger partial charge in [-0.3, -0.25) is 4.90 Å². The summed E-state index contributed by atoms with van der Waals surface area (Å²) in [6.45, 7) is 4.93. The number of carbonyl (C=O) groups is 1. The van der Waals surface area contributed by atoms with Gasteiger partial charge >= 0.3 is 5.97 Å². The van der Waals surface area contributed by atoms with Gasteiger partial charge in [-0.15, -0.1) is 0 Å². The highest BCUT2D eigenvalue weighted by Gasteiger charge is 2.18. The predicted octanol–water partition coefficient (Wildman–Crippen LogP) is 4.80. The molecule has 0 aliphatic carbocycles. The molecule has 5 rings (SSSR count). The first kappa shape index (κ1) is 21.8. The lowest BCUT2D eigenvalue weighted by molar-refractivity contribution is 0.0567. The maximum absolute atomic E-state index is 11.7. The summed E-state index contributed by atoms with van der Waals surface area (Å²) in [6, 6.07) is 15.7. The molecule has 7 heteroatoms. The van der Waals surface area contributed by atoms with Gasteiger partial charge in [0.05, 0.1) is 18.7 Å². The lowest BCUT2D eigenvalue weighted by atomic mass is 10.1. The monoisotopic (exact) mass is 454 g/mol. The molecule has 1 N–H and O–H groups in total. The summed E-state index contributed by atoms with van der Waals surface area (Å²) in [7, 11) is 1.35. The summed E-state index contributed by atoms with van der Waals surface area (Å²) in [5.41, 5.74) is 4.66. The lowest BCUT2D eigenvalue weighted by Gasteiger charge is -2.36. The number of nitriles is 1. The molecule has 2 aromatic heterocycles. The number of carbonyl (C=O) groups excluding carboxylic acids is 1. The van der Waals surface area contributed by atoms with Gasteiger partial charge in [0.15, 0.2) is 0 Å². The van der Waals surface area contributed by atoms with Crippen LogP contribution in [0.15, 0.2) is 59.2 Å². The Hall–Kier alpha value is -4.02. The van der Waals surface area contributed by atoms with E-state index in [9.17, 15) is 4.79 Å². The highest BCUT2D eigenvalue weighted by atomic mass is 16.5. The van der Waals surface area contributed by atoms with Crippen LogP contribution in [0.25, 0.3) is 27.9 Å². The van der Waals surface area contributed by atoms with Crippen molar-refractivity contribution in [2.45, 2.75) is 6.42 Å². The van der Waals surface area contributed by atoms with Crippen LogP contribution in [0.4, 0.5) is 5.69 Å². The zero-order chi connectivity index (χ0) is 23.5. The van der Waals surface area contributed by atoms with E-state index in [0.717, 1.165) is 66.7 Å². The maximum Gasteiger partial charge on any atom is 0.373 e. The largest absolute Gasteiger partial charge is 0.463 e. The van der Waals surface area contributed by atoms with Crippen molar-refractivity contribution >= 4 is 39.6 Å². The molecule has 1 aliphatic rings. The lowest BCUT2D eigenvalue weighted by Crippen LogP contribution is -2.46. The number of rotatable bonds is 6. The second-order valence-electron chi connectivity index (χ2n) is 8.46. The van der Waals surface area contributed by atoms with Crippen LogP contribution < -0.4 is 4.90 Å². The normalized spacial score (nSPS) is 14.8. The van der Waals surface area contributed by atoms with Crippen molar-refractivity contribution in [1.82, 2.24) is 9.88 Å². The number of piperazine rings is 1. The highest BCUT2D eigenvalue weighted by molar-refractivity contribution is 5.93. The molecule has 1 aliphatic heterocycles. The molecule has 0 unspecified atom stereocenters. The summed E-state index contributed by atoms with van der Waals surface area (Å²) in [4.78, 5) is 19.8. The number of nitrogens with zero attached hydrogens (tertiary/aromatic N) is 3. The van der Waals surface area contributed by atoms with Gasteiger partial charge in [-0.2, -0.15) is 5.26 Å². The molecule has 3 heterocycles. The zero-order valence-corrected chi connectivity index (χ0v) is 19.1. The van der Waals surface area contributed by atoms with Gasteiger partial charge in [-0.25, -0.2) is 4.79 Å². The molecule has 172 valence electrons. The third-order valence-corrected chi connectivity index (χ3v) is 6.38. The van der Waals surface area contributed by atoms with Crippen LogP contribution in [0.3, 0.4) is 0 Å². The highest BCUT2D eigenvalue weighted by Crippen LogP contribution is 2.26. The average molecular weight is 455 g/mol. The van der Waals surface area contributed by atoms with E-state index in [1.807, 2.05) is 36.5 Å². The Bertz CT molecular complexity index is 1400. The van der Waals surface area contributed by atoms with Crippen LogP contribution in [0.2, 0.25) is 0 Å². The van der Waals surface area contributed by atoms with Gasteiger partial charge in [-0.1, -0.05) is 12.2 Å². The van der Waals surface area contributed by atoms with E-state index in [1.54, 1.807) is 6.07 Å². The first-order valence-corrected chi connectivity index (χ1v) is 11.4. The summed E-state index contributed by atoms with van der Waals surface area (Å²) in [5.74, 6) is -0.234. The summed E-state index contributed by atoms with van der Waals surface area (Å²) >= 11 is 0. The minimum atomic E-state index is -0.461. The Morgan fingerprint density at radius 1 is 1.18 bits per heavy atom. The summed E-state index contributed by atoms with van der Waals surface area (Å²) in [6.07, 6.45) is 7.31. The van der Waals surface area contributed by atoms with Crippen LogP contribution in [-0.2, 0) is 4.74 Å². The third kappa shape index (κ3) is 4.41. The van der Waals surface area contributed by atoms with Crippen LogP contribution >= 0.6 is 0 Å². The van der Waals surface area contributed by atoms with E-state index in [1.165, 1.54) is 7.11 Å². The molecule has 0 amide bonds. The Morgan fingerprint density at radius 2 is 2.03 bits per heavy atom. The smallest absolute Gasteiger partial charge is 0.373 e. The molecule has 0 radical (unpaired) electrons. The topological polar surface area (TPSA) is 85.5 Å². The molecule has 0 spiro atoms. The third-order valence-electron chi connectivity index (χ3n) is 6.38. The number of hydrogen-bond acceptors (Lipinski definition) is 6. The second kappa shape index (κ2) is 9.46. The van der Waals surface area contributed by atoms with Crippen molar-refractivity contribution in [3.8, 4) is 6.07 Å². The molecular formula is C27H26N4O3. The number of fused-ring (bicyclic) bond motifs is 2. The number of anilines is 1. The molecule has 2 aromatic carbocycles. The molecule has 7 nitrogen and oxygen atoms in total. The number of esters is 1. The van der Waals surface area contributed by atoms with Crippen LogP contribution in [0, 0.1) is 11.3 Å². The molecule has 1 fully saturated rings. The fourth-order valence-corrected chi connectivity index (χ4v) is 4.48. The zero-order valence-electron chi connectivity index (χ0n) is 19.1. The van der Waals surface area contributed by atoms with Crippen molar-refractivity contribution in [3.63, 3.8) is 0 Å². The number of methoxy groups -OCH3 is 1. The van der Waals surface area contributed by atoms with Crippen molar-refractivity contribution in [3.05, 3.63) is 71.6 Å². The van der Waals surface area contributed by atoms with E-state index in [0.29, 0.717) is 11.1 Å². The number of H-pyrrole nitrogens is 1. The summed E-state index contributed by atoms with van der Waals surface area (Å²) in [5, 5.41) is 11.1. The molecule has 34 heavy (non-hydrogen) atoms. The molecule has 0 bridgehead atoms. The Kier molecular flexibility index (Phi) is 6.07. The molecule has 0 atom stereocenters. The van der Waals surface area contributed by atoms with Gasteiger partial charge in [0.2, 0.25) is 5.76 Å². The average Bonchev–Trinajstić information content (AvgIpc) is 3.49. The van der Waals surface area contributed by atoms with Crippen LogP contribution in [0.1, 0.15) is 28.1 Å². The Morgan fingerprint density at radius 3 is 2.82 bits per heavy atom. The SMILES string of the molecule is COC(=O)c1cc2cc(N3CCN(CC/C=C/c4c[nH]c5ccc(C#N)cc45)CC3)ccc2o1. The minimum Gasteiger partial charge on any atom is -0.463 e. The Labute approximate surface area is 197 Å². The number of aromatic amines is 1. The Balaban J connectivity index is 1.15. The van der Waals surface area contributed by atoms with E-state index in [-0.39, 0.29) is 5.76 Å². The van der Waals surface area contributed by atoms with Crippen molar-refractivity contribution < 1.29 is 13.9 Å². The van der Waals surface area contributed by atoms with Gasteiger partial charge in [0.25, 0.3) is 0 Å². The number of hydrogen-bond donors (Lipinski definition) is 1. The van der Waals surface area contributed by atoms with Gasteiger partial charge in [0, 0.05) is 60.9 Å². The fourth-order valence-electron chi connectivity index (χ4n) is 4.48. The number of nitrogens with one attached hydrogen (secondary N) is 1. The number of aromatic nitrogens is 1. The summed E-state index contributed by atoms with van der Waals surface area (Å²) < 4.78 is 10.3. The minimum absolute atomic E-state index is 0.227. The maximum atomic E-state index is 11.7. The predicted molar refractivity (Wildman–Crippen MR) is 133 cm³/mol. The molecule has 1 saturated heterocycles. The molecule has 4 aromatic rings. The van der Waals surface area contributed by atoms with Gasteiger partial charge in [0.1, 0.15) is 5.58 Å². The second-order valence-corrected chi connectivity index (χ2v) is 8.46. The first-order valence-electron chi connectivity index (χ1n) is 11.4. The fraction of sp³-hybridized carbons (Fsp3) is 0.259. The quantitative estimate of drug-likeness (QED) is 0.421. The molecule has 0 saturated carbocycles. The van der Waals surface area contributed by atoms with E-state index in [2.05, 4.69) is 39.1 Å². The van der Waals surface area contributed by atoms with Crippen LogP contribution in [0.5, 0.6) is 0 Å². The van der Waals surface area contributed by atoms with E-state index >= 15 is 0 Å². The van der Waals surface area contributed by atoms with Crippen LogP contribution in [-0.4, -0.2) is 55.7 Å². The van der Waals surface area contributed by atoms with Gasteiger partial charge in [-0.05, 0) is 54.4 Å². The van der Waals surface area contributed by atoms with E-state index in [4.69, 9.17) is 14.4 Å². The number of furan rings is 1. The van der Waals surface area contributed by atoms with Crippen molar-refractivity contribution in [2.24, 2.45) is 0 Å². The van der Waals surface area contributed by atoms with Crippen molar-refractivity contribution in [1.29, 1.82) is 5.26 Å². The standard InChI is InChI=1S/C27H26N4O3/c1-33-27(32)26-16-21-15-22(6-8-25(21)34-26)31-12-10-30(11-13-31)9-3-2-4-20-18-29-24-7-5-19(17-28)14-23(20)24/h2,4-8,14-16,18,29H,3,9-13H2,1H3/b4-2+. The molecular weight excluding hydrogens is 428 g/mol. The van der Waals surface area contributed by atoms with Crippen molar-refractivity contribution in [2.75, 3.05) is 44.7 Å².